The zero-order valence-corrected chi connectivity index (χ0v) is 18.5. The van der Waals surface area contributed by atoms with Crippen LogP contribution in [0.2, 0.25) is 5.02 Å². The van der Waals surface area contributed by atoms with Crippen LogP contribution in [-0.4, -0.2) is 25.3 Å². The summed E-state index contributed by atoms with van der Waals surface area (Å²) in [5.41, 5.74) is -0.199. The van der Waals surface area contributed by atoms with E-state index in [1.807, 2.05) is 42.5 Å². The van der Waals surface area contributed by atoms with Crippen LogP contribution in [0, 0.1) is 0 Å². The van der Waals surface area contributed by atoms with Crippen LogP contribution in [0.4, 0.5) is 18.9 Å². The van der Waals surface area contributed by atoms with Crippen LogP contribution in [0.25, 0.3) is 27.5 Å². The average molecular weight is 498 g/mol. The number of halogens is 4. The third-order valence-electron chi connectivity index (χ3n) is 5.42. The summed E-state index contributed by atoms with van der Waals surface area (Å²) in [6.45, 7) is -0.531. The summed E-state index contributed by atoms with van der Waals surface area (Å²) in [6.07, 6.45) is -3.31. The highest BCUT2D eigenvalue weighted by molar-refractivity contribution is 6.33. The molecule has 0 unspecified atom stereocenters. The van der Waals surface area contributed by atoms with Gasteiger partial charge in [-0.05, 0) is 35.0 Å². The molecule has 176 valence electrons. The van der Waals surface area contributed by atoms with Gasteiger partial charge in [-0.1, -0.05) is 54.1 Å². The van der Waals surface area contributed by atoms with Gasteiger partial charge in [-0.25, -0.2) is 9.20 Å². The number of carbonyl (C=O) groups is 1. The largest absolute Gasteiger partial charge is 0.416 e. The molecular formula is C24H15ClF3N5O2. The Hall–Kier alpha value is -4.18. The molecule has 35 heavy (non-hydrogen) atoms. The average Bonchev–Trinajstić information content (AvgIpc) is 3.26. The molecule has 0 aliphatic heterocycles. The van der Waals surface area contributed by atoms with Gasteiger partial charge >= 0.3 is 6.18 Å². The lowest BCUT2D eigenvalue weighted by Crippen LogP contribution is -2.30. The van der Waals surface area contributed by atoms with Gasteiger partial charge in [0, 0.05) is 5.56 Å². The van der Waals surface area contributed by atoms with Crippen LogP contribution < -0.4 is 10.9 Å². The predicted molar refractivity (Wildman–Crippen MR) is 125 cm³/mol. The fraction of sp³-hybridized carbons (Fsp3) is 0.0833. The Labute approximate surface area is 200 Å². The standard InChI is InChI=1S/C24H15ClF3N5O2/c25-18-9-8-15(24(26,27)28)10-20(18)30-22(34)12-32-23(35)21-11-19(31-33(21)13-29-32)17-7-3-5-14-4-1-2-6-16(14)17/h1-11,13H,12H2,(H,30,34). The summed E-state index contributed by atoms with van der Waals surface area (Å²) in [5.74, 6) is -0.765. The number of hydrogen-bond acceptors (Lipinski definition) is 4. The van der Waals surface area contributed by atoms with Crippen molar-refractivity contribution in [2.45, 2.75) is 12.7 Å². The minimum Gasteiger partial charge on any atom is -0.323 e. The molecule has 3 aromatic carbocycles. The van der Waals surface area contributed by atoms with E-state index < -0.39 is 29.8 Å². The minimum atomic E-state index is -4.60. The lowest BCUT2D eigenvalue weighted by atomic mass is 10.0. The quantitative estimate of drug-likeness (QED) is 0.378. The van der Waals surface area contributed by atoms with Gasteiger partial charge in [0.1, 0.15) is 18.4 Å². The number of fused-ring (bicyclic) bond motifs is 2. The molecule has 0 fully saturated rings. The molecule has 5 rings (SSSR count). The summed E-state index contributed by atoms with van der Waals surface area (Å²) in [6, 6.07) is 17.7. The van der Waals surface area contributed by atoms with Crippen molar-refractivity contribution in [1.29, 1.82) is 0 Å². The van der Waals surface area contributed by atoms with Gasteiger partial charge in [0.15, 0.2) is 0 Å². The first kappa shape index (κ1) is 22.6. The van der Waals surface area contributed by atoms with Crippen LogP contribution >= 0.6 is 11.6 Å². The molecule has 11 heteroatoms. The van der Waals surface area contributed by atoms with E-state index >= 15 is 0 Å². The summed E-state index contributed by atoms with van der Waals surface area (Å²) < 4.78 is 41.2. The zero-order chi connectivity index (χ0) is 24.7. The van der Waals surface area contributed by atoms with Crippen LogP contribution in [0.3, 0.4) is 0 Å². The number of rotatable bonds is 4. The van der Waals surface area contributed by atoms with Gasteiger partial charge in [0.05, 0.1) is 22.0 Å². The van der Waals surface area contributed by atoms with Crippen molar-refractivity contribution >= 4 is 39.5 Å². The normalized spacial score (nSPS) is 11.8. The van der Waals surface area contributed by atoms with E-state index in [1.54, 1.807) is 6.07 Å². The molecule has 1 amide bonds. The first-order valence-corrected chi connectivity index (χ1v) is 10.7. The van der Waals surface area contributed by atoms with Crippen molar-refractivity contribution in [2.75, 3.05) is 5.32 Å². The van der Waals surface area contributed by atoms with Crippen molar-refractivity contribution in [2.24, 2.45) is 0 Å². The minimum absolute atomic E-state index is 0.0716. The van der Waals surface area contributed by atoms with E-state index in [4.69, 9.17) is 11.6 Å². The summed E-state index contributed by atoms with van der Waals surface area (Å²) in [4.78, 5) is 25.4. The Morgan fingerprint density at radius 1 is 1.03 bits per heavy atom. The maximum Gasteiger partial charge on any atom is 0.416 e. The van der Waals surface area contributed by atoms with Gasteiger partial charge < -0.3 is 5.32 Å². The van der Waals surface area contributed by atoms with Gasteiger partial charge in [-0.2, -0.15) is 23.4 Å². The Morgan fingerprint density at radius 2 is 1.80 bits per heavy atom. The molecule has 0 atom stereocenters. The number of hydrogen-bond donors (Lipinski definition) is 1. The van der Waals surface area contributed by atoms with Crippen LogP contribution in [0.5, 0.6) is 0 Å². The summed E-state index contributed by atoms with van der Waals surface area (Å²) >= 11 is 5.93. The van der Waals surface area contributed by atoms with Crippen molar-refractivity contribution in [3.63, 3.8) is 0 Å². The van der Waals surface area contributed by atoms with E-state index in [-0.39, 0.29) is 16.2 Å². The Bertz CT molecular complexity index is 1650. The van der Waals surface area contributed by atoms with E-state index in [1.165, 1.54) is 10.8 Å². The van der Waals surface area contributed by atoms with Gasteiger partial charge in [0.25, 0.3) is 5.56 Å². The van der Waals surface area contributed by atoms with Crippen LogP contribution in [0.15, 0.2) is 77.9 Å². The van der Waals surface area contributed by atoms with Crippen LogP contribution in [0.1, 0.15) is 5.56 Å². The maximum atomic E-state index is 13.0. The molecule has 0 saturated carbocycles. The molecule has 5 aromatic rings. The number of amides is 1. The lowest BCUT2D eigenvalue weighted by molar-refractivity contribution is -0.137. The predicted octanol–water partition coefficient (Wildman–Crippen LogP) is 5.02. The van der Waals surface area contributed by atoms with E-state index in [0.29, 0.717) is 5.69 Å². The van der Waals surface area contributed by atoms with Gasteiger partial charge in [0.2, 0.25) is 5.91 Å². The highest BCUT2D eigenvalue weighted by Crippen LogP contribution is 2.34. The second-order valence-corrected chi connectivity index (χ2v) is 8.13. The Balaban J connectivity index is 1.44. The number of carbonyl (C=O) groups excluding carboxylic acids is 1. The zero-order valence-electron chi connectivity index (χ0n) is 17.8. The van der Waals surface area contributed by atoms with Crippen LogP contribution in [-0.2, 0) is 17.5 Å². The third kappa shape index (κ3) is 4.35. The van der Waals surface area contributed by atoms with Crippen molar-refractivity contribution in [1.82, 2.24) is 19.4 Å². The molecular weight excluding hydrogens is 483 g/mol. The second kappa shape index (κ2) is 8.55. The summed E-state index contributed by atoms with van der Waals surface area (Å²) in [5, 5.41) is 12.6. The second-order valence-electron chi connectivity index (χ2n) is 7.72. The molecule has 0 spiro atoms. The molecule has 7 nitrogen and oxygen atoms in total. The lowest BCUT2D eigenvalue weighted by Gasteiger charge is -2.12. The van der Waals surface area contributed by atoms with E-state index in [9.17, 15) is 22.8 Å². The Morgan fingerprint density at radius 3 is 2.60 bits per heavy atom. The van der Waals surface area contributed by atoms with E-state index in [2.05, 4.69) is 15.5 Å². The van der Waals surface area contributed by atoms with Crippen molar-refractivity contribution in [3.8, 4) is 11.3 Å². The number of nitrogens with zero attached hydrogens (tertiary/aromatic N) is 4. The maximum absolute atomic E-state index is 13.0. The highest BCUT2D eigenvalue weighted by atomic mass is 35.5. The highest BCUT2D eigenvalue weighted by Gasteiger charge is 2.31. The van der Waals surface area contributed by atoms with Crippen molar-refractivity contribution < 1.29 is 18.0 Å². The molecule has 0 bridgehead atoms. The van der Waals surface area contributed by atoms with Crippen molar-refractivity contribution in [3.05, 3.63) is 94.0 Å². The Kier molecular flexibility index (Phi) is 5.52. The number of anilines is 1. The molecule has 1 N–H and O–H groups in total. The number of alkyl halides is 3. The van der Waals surface area contributed by atoms with Gasteiger partial charge in [-0.3, -0.25) is 9.59 Å². The number of nitrogens with one attached hydrogen (secondary N) is 1. The number of benzene rings is 3. The van der Waals surface area contributed by atoms with Gasteiger partial charge in [-0.15, -0.1) is 0 Å². The fourth-order valence-corrected chi connectivity index (χ4v) is 3.92. The fourth-order valence-electron chi connectivity index (χ4n) is 3.75. The smallest absolute Gasteiger partial charge is 0.323 e. The molecule has 0 saturated heterocycles. The molecule has 2 aromatic heterocycles. The first-order chi connectivity index (χ1) is 16.7. The molecule has 0 aliphatic carbocycles. The van der Waals surface area contributed by atoms with E-state index in [0.717, 1.165) is 39.2 Å². The molecule has 2 heterocycles. The SMILES string of the molecule is O=C(Cn1ncn2nc(-c3cccc4ccccc34)cc2c1=O)Nc1cc(C(F)(F)F)ccc1Cl. The third-order valence-corrected chi connectivity index (χ3v) is 5.75. The molecule has 0 radical (unpaired) electrons. The summed E-state index contributed by atoms with van der Waals surface area (Å²) in [7, 11) is 0. The molecule has 0 aliphatic rings. The number of aromatic nitrogens is 4. The topological polar surface area (TPSA) is 81.3 Å². The monoisotopic (exact) mass is 497 g/mol. The first-order valence-electron chi connectivity index (χ1n) is 10.3.